The summed E-state index contributed by atoms with van der Waals surface area (Å²) in [6, 6.07) is 5.08. The van der Waals surface area contributed by atoms with E-state index in [1.165, 1.54) is 0 Å². The minimum Gasteiger partial charge on any atom is -0.484 e. The van der Waals surface area contributed by atoms with Crippen LogP contribution >= 0.6 is 0 Å². The van der Waals surface area contributed by atoms with Crippen molar-refractivity contribution in [2.75, 3.05) is 18.5 Å². The van der Waals surface area contributed by atoms with Crippen LogP contribution in [-0.2, 0) is 4.74 Å². The molecule has 0 spiro atoms. The first kappa shape index (κ1) is 14.6. The Morgan fingerprint density at radius 1 is 1.50 bits per heavy atom. The SMILES string of the molecule is CC(C)Oc1cccc(NC2(C)CCOC2)c1[N+](=O)[O-]. The summed E-state index contributed by atoms with van der Waals surface area (Å²) in [5.74, 6) is 0.289. The fourth-order valence-corrected chi connectivity index (χ4v) is 2.25. The van der Waals surface area contributed by atoms with Crippen molar-refractivity contribution in [1.82, 2.24) is 0 Å². The zero-order valence-electron chi connectivity index (χ0n) is 12.0. The molecule has 1 aliphatic heterocycles. The van der Waals surface area contributed by atoms with Gasteiger partial charge in [0.2, 0.25) is 0 Å². The van der Waals surface area contributed by atoms with Gasteiger partial charge in [0.05, 0.1) is 23.2 Å². The molecule has 2 rings (SSSR count). The summed E-state index contributed by atoms with van der Waals surface area (Å²) >= 11 is 0. The second-order valence-electron chi connectivity index (χ2n) is 5.56. The van der Waals surface area contributed by atoms with E-state index in [1.807, 2.05) is 20.8 Å². The van der Waals surface area contributed by atoms with Crippen molar-refractivity contribution >= 4 is 11.4 Å². The van der Waals surface area contributed by atoms with E-state index in [0.29, 0.717) is 18.9 Å². The van der Waals surface area contributed by atoms with Crippen LogP contribution in [0.15, 0.2) is 18.2 Å². The van der Waals surface area contributed by atoms with Crippen LogP contribution in [0.4, 0.5) is 11.4 Å². The fraction of sp³-hybridized carbons (Fsp3) is 0.571. The Bertz CT molecular complexity index is 496. The summed E-state index contributed by atoms with van der Waals surface area (Å²) in [5.41, 5.74) is 0.178. The van der Waals surface area contributed by atoms with E-state index in [0.717, 1.165) is 6.42 Å². The van der Waals surface area contributed by atoms with Crippen molar-refractivity contribution in [3.05, 3.63) is 28.3 Å². The molecule has 0 aliphatic carbocycles. The van der Waals surface area contributed by atoms with Crippen molar-refractivity contribution in [3.63, 3.8) is 0 Å². The summed E-state index contributed by atoms with van der Waals surface area (Å²) < 4.78 is 10.9. The van der Waals surface area contributed by atoms with E-state index in [-0.39, 0.29) is 23.1 Å². The van der Waals surface area contributed by atoms with Crippen molar-refractivity contribution in [3.8, 4) is 5.75 Å². The number of hydrogen-bond donors (Lipinski definition) is 1. The molecule has 1 saturated heterocycles. The smallest absolute Gasteiger partial charge is 0.333 e. The number of rotatable bonds is 5. The number of nitro groups is 1. The summed E-state index contributed by atoms with van der Waals surface area (Å²) in [4.78, 5) is 11.0. The highest BCUT2D eigenvalue weighted by molar-refractivity contribution is 5.69. The number of ether oxygens (including phenoxy) is 2. The van der Waals surface area contributed by atoms with Crippen molar-refractivity contribution in [2.45, 2.75) is 38.8 Å². The minimum absolute atomic E-state index is 0.0191. The Hall–Kier alpha value is -1.82. The second-order valence-corrected chi connectivity index (χ2v) is 5.56. The molecular weight excluding hydrogens is 260 g/mol. The zero-order valence-corrected chi connectivity index (χ0v) is 12.0. The lowest BCUT2D eigenvalue weighted by Gasteiger charge is -2.25. The molecule has 6 heteroatoms. The van der Waals surface area contributed by atoms with Crippen molar-refractivity contribution in [1.29, 1.82) is 0 Å². The van der Waals surface area contributed by atoms with Gasteiger partial charge in [-0.15, -0.1) is 0 Å². The first-order chi connectivity index (χ1) is 9.41. The maximum absolute atomic E-state index is 11.4. The first-order valence-electron chi connectivity index (χ1n) is 6.71. The zero-order chi connectivity index (χ0) is 14.8. The van der Waals surface area contributed by atoms with E-state index >= 15 is 0 Å². The van der Waals surface area contributed by atoms with Crippen LogP contribution in [-0.4, -0.2) is 29.8 Å². The lowest BCUT2D eigenvalue weighted by molar-refractivity contribution is -0.385. The highest BCUT2D eigenvalue weighted by atomic mass is 16.6. The predicted octanol–water partition coefficient (Wildman–Crippen LogP) is 2.97. The monoisotopic (exact) mass is 280 g/mol. The number of nitrogens with one attached hydrogen (secondary N) is 1. The predicted molar refractivity (Wildman–Crippen MR) is 76.3 cm³/mol. The van der Waals surface area contributed by atoms with Gasteiger partial charge in [-0.3, -0.25) is 10.1 Å². The first-order valence-corrected chi connectivity index (χ1v) is 6.71. The molecule has 0 amide bonds. The molecule has 6 nitrogen and oxygen atoms in total. The molecule has 0 aromatic heterocycles. The van der Waals surface area contributed by atoms with E-state index in [2.05, 4.69) is 5.32 Å². The van der Waals surface area contributed by atoms with Gasteiger partial charge in [0.15, 0.2) is 5.75 Å². The largest absolute Gasteiger partial charge is 0.484 e. The Balaban J connectivity index is 2.34. The van der Waals surface area contributed by atoms with Crippen molar-refractivity contribution in [2.24, 2.45) is 0 Å². The molecule has 1 unspecified atom stereocenters. The average Bonchev–Trinajstić information content (AvgIpc) is 2.74. The Kier molecular flexibility index (Phi) is 4.13. The molecule has 1 atom stereocenters. The summed E-state index contributed by atoms with van der Waals surface area (Å²) in [6.07, 6.45) is 0.703. The molecule has 1 heterocycles. The maximum Gasteiger partial charge on any atom is 0.333 e. The van der Waals surface area contributed by atoms with Crippen LogP contribution < -0.4 is 10.1 Å². The quantitative estimate of drug-likeness (QED) is 0.663. The Labute approximate surface area is 118 Å². The minimum atomic E-state index is -0.404. The second kappa shape index (κ2) is 5.66. The van der Waals surface area contributed by atoms with Gasteiger partial charge in [0.1, 0.15) is 5.69 Å². The van der Waals surface area contributed by atoms with E-state index in [4.69, 9.17) is 9.47 Å². The number of hydrogen-bond acceptors (Lipinski definition) is 5. The molecule has 1 aromatic rings. The van der Waals surface area contributed by atoms with Crippen LogP contribution in [0.2, 0.25) is 0 Å². The van der Waals surface area contributed by atoms with Gasteiger partial charge in [-0.1, -0.05) is 6.07 Å². The van der Waals surface area contributed by atoms with E-state index in [1.54, 1.807) is 18.2 Å². The Morgan fingerprint density at radius 2 is 2.25 bits per heavy atom. The lowest BCUT2D eigenvalue weighted by atomic mass is 10.0. The fourth-order valence-electron chi connectivity index (χ4n) is 2.25. The molecule has 1 fully saturated rings. The van der Waals surface area contributed by atoms with Crippen molar-refractivity contribution < 1.29 is 14.4 Å². The molecule has 0 radical (unpaired) electrons. The number of anilines is 1. The van der Waals surface area contributed by atoms with Gasteiger partial charge >= 0.3 is 5.69 Å². The average molecular weight is 280 g/mol. The number of nitrogens with zero attached hydrogens (tertiary/aromatic N) is 1. The van der Waals surface area contributed by atoms with Crippen LogP contribution in [0.3, 0.4) is 0 Å². The molecular formula is C14H20N2O4. The van der Waals surface area contributed by atoms with Gasteiger partial charge in [-0.25, -0.2) is 0 Å². The summed E-state index contributed by atoms with van der Waals surface area (Å²) in [7, 11) is 0. The number of nitro benzene ring substituents is 1. The third-order valence-electron chi connectivity index (χ3n) is 3.20. The normalized spacial score (nSPS) is 22.0. The van der Waals surface area contributed by atoms with Gasteiger partial charge in [-0.05, 0) is 39.3 Å². The van der Waals surface area contributed by atoms with Gasteiger partial charge in [0, 0.05) is 6.61 Å². The maximum atomic E-state index is 11.4. The molecule has 1 N–H and O–H groups in total. The van der Waals surface area contributed by atoms with E-state index in [9.17, 15) is 10.1 Å². The molecule has 0 saturated carbocycles. The highest BCUT2D eigenvalue weighted by Crippen LogP contribution is 2.37. The topological polar surface area (TPSA) is 73.6 Å². The molecule has 1 aromatic carbocycles. The summed E-state index contributed by atoms with van der Waals surface area (Å²) in [5, 5.41) is 14.6. The van der Waals surface area contributed by atoms with E-state index < -0.39 is 4.92 Å². The number of benzene rings is 1. The molecule has 0 bridgehead atoms. The van der Waals surface area contributed by atoms with Crippen LogP contribution in [0.25, 0.3) is 0 Å². The highest BCUT2D eigenvalue weighted by Gasteiger charge is 2.32. The molecule has 1 aliphatic rings. The van der Waals surface area contributed by atoms with Crippen LogP contribution in [0.5, 0.6) is 5.75 Å². The third kappa shape index (κ3) is 3.19. The molecule has 110 valence electrons. The van der Waals surface area contributed by atoms with Gasteiger partial charge in [-0.2, -0.15) is 0 Å². The Morgan fingerprint density at radius 3 is 2.80 bits per heavy atom. The summed E-state index contributed by atoms with van der Waals surface area (Å²) in [6.45, 7) is 6.89. The molecule has 20 heavy (non-hydrogen) atoms. The van der Waals surface area contributed by atoms with Crippen LogP contribution in [0.1, 0.15) is 27.2 Å². The van der Waals surface area contributed by atoms with Gasteiger partial charge in [0.25, 0.3) is 0 Å². The third-order valence-corrected chi connectivity index (χ3v) is 3.20. The lowest BCUT2D eigenvalue weighted by Crippen LogP contribution is -2.35. The van der Waals surface area contributed by atoms with Gasteiger partial charge < -0.3 is 14.8 Å². The number of para-hydroxylation sites is 1. The van der Waals surface area contributed by atoms with Crippen LogP contribution in [0, 0.1) is 10.1 Å². The standard InChI is InChI=1S/C14H20N2O4/c1-10(2)20-12-6-4-5-11(13(12)16(17)18)15-14(3)7-8-19-9-14/h4-6,10,15H,7-9H2,1-3H3.